The third kappa shape index (κ3) is 7.88. The van der Waals surface area contributed by atoms with E-state index in [0.717, 1.165) is 72.3 Å². The van der Waals surface area contributed by atoms with Gasteiger partial charge in [0.25, 0.3) is 0 Å². The molecule has 0 saturated heterocycles. The molecule has 7 N–H and O–H groups in total. The molecule has 0 spiro atoms. The number of rotatable bonds is 4. The molecule has 8 aromatic carbocycles. The van der Waals surface area contributed by atoms with Gasteiger partial charge in [-0.25, -0.2) is 0 Å². The van der Waals surface area contributed by atoms with Crippen LogP contribution in [0.3, 0.4) is 0 Å². The zero-order valence-corrected chi connectivity index (χ0v) is 39.1. The smallest absolute Gasteiger partial charge is 0.123 e. The summed E-state index contributed by atoms with van der Waals surface area (Å²) in [5.74, 6) is -4.43. The molecule has 7 nitrogen and oxygen atoms in total. The lowest BCUT2D eigenvalue weighted by molar-refractivity contribution is 0.433. The number of phenols is 7. The summed E-state index contributed by atoms with van der Waals surface area (Å²) in [6.07, 6.45) is 0. The maximum Gasteiger partial charge on any atom is 0.123 e. The highest BCUT2D eigenvalue weighted by atomic mass is 16.3. The molecule has 2 unspecified atom stereocenters. The Balaban J connectivity index is 1.50. The molecule has 0 fully saturated rings. The van der Waals surface area contributed by atoms with Crippen molar-refractivity contribution < 1.29 is 35.7 Å². The number of phenolic OH excluding ortho intramolecular Hbond substituents is 7. The zero-order valence-electron chi connectivity index (χ0n) is 39.1. The van der Waals surface area contributed by atoms with Gasteiger partial charge in [0.1, 0.15) is 40.2 Å². The average molecular weight is 889 g/mol. The maximum atomic E-state index is 12.2. The van der Waals surface area contributed by atoms with E-state index in [2.05, 4.69) is 12.1 Å². The van der Waals surface area contributed by atoms with E-state index < -0.39 is 23.7 Å². The summed E-state index contributed by atoms with van der Waals surface area (Å²) in [5.41, 5.74) is 14.5. The van der Waals surface area contributed by atoms with Crippen LogP contribution in [0.1, 0.15) is 135 Å². The Morgan fingerprint density at radius 2 is 0.478 bits per heavy atom. The lowest BCUT2D eigenvalue weighted by Gasteiger charge is -2.30. The molecule has 0 aliphatic heterocycles. The molecule has 0 amide bonds. The fourth-order valence-electron chi connectivity index (χ4n) is 10.8. The first-order valence-electron chi connectivity index (χ1n) is 22.7. The van der Waals surface area contributed by atoms with Crippen molar-refractivity contribution in [3.63, 3.8) is 0 Å². The first-order valence-corrected chi connectivity index (χ1v) is 22.7. The van der Waals surface area contributed by atoms with Crippen molar-refractivity contribution in [1.29, 1.82) is 0 Å². The summed E-state index contributed by atoms with van der Waals surface area (Å²) >= 11 is 0. The fourth-order valence-corrected chi connectivity index (χ4v) is 10.8. The molecule has 67 heavy (non-hydrogen) atoms. The minimum absolute atomic E-state index is 0.0273. The first kappa shape index (κ1) is 44.6. The van der Waals surface area contributed by atoms with Gasteiger partial charge in [-0.15, -0.1) is 0 Å². The van der Waals surface area contributed by atoms with Gasteiger partial charge >= 0.3 is 0 Å². The number of aryl methyl sites for hydroxylation is 8. The van der Waals surface area contributed by atoms with Gasteiger partial charge in [0, 0.05) is 80.8 Å². The number of aromatic hydroxyl groups is 7. The fraction of sp³-hybridized carbons (Fsp3) is 0.200. The van der Waals surface area contributed by atoms with Crippen molar-refractivity contribution in [2.75, 3.05) is 0 Å². The summed E-state index contributed by atoms with van der Waals surface area (Å²) in [6, 6.07) is 38.9. The van der Waals surface area contributed by atoms with Crippen molar-refractivity contribution in [2.45, 2.75) is 79.1 Å². The van der Waals surface area contributed by atoms with Crippen LogP contribution in [-0.2, 0) is 0 Å². The molecular weight excluding hydrogens is 833 g/mol. The second-order valence-electron chi connectivity index (χ2n) is 18.9. The SMILES string of the molecule is Cc1ccc(C2c3cc(c(O)cc3O)C(c3ccc(C)cc3C)c3cc(c(O)cc3O)[C@H](c3ccc(C)cc3C)c3cc(ccc3O)[C@H](c3ccc(C)cc3C)c3cc2c(O)cc3O)c(C)c1. The molecule has 0 saturated carbocycles. The minimum Gasteiger partial charge on any atom is -0.508 e. The Hall–Kier alpha value is -7.64. The third-order valence-corrected chi connectivity index (χ3v) is 14.0. The highest BCUT2D eigenvalue weighted by Gasteiger charge is 2.35. The highest BCUT2D eigenvalue weighted by Crippen LogP contribution is 2.53. The summed E-state index contributed by atoms with van der Waals surface area (Å²) in [7, 11) is 0. The summed E-state index contributed by atoms with van der Waals surface area (Å²) in [6.45, 7) is 16.0. The van der Waals surface area contributed by atoms with Gasteiger partial charge < -0.3 is 35.7 Å². The molecule has 8 bridgehead atoms. The second-order valence-corrected chi connectivity index (χ2v) is 18.9. The van der Waals surface area contributed by atoms with E-state index in [-0.39, 0.29) is 40.2 Å². The topological polar surface area (TPSA) is 142 Å². The van der Waals surface area contributed by atoms with Gasteiger partial charge in [-0.05, 0) is 130 Å². The van der Waals surface area contributed by atoms with Crippen LogP contribution in [-0.4, -0.2) is 35.7 Å². The van der Waals surface area contributed by atoms with Crippen LogP contribution in [0, 0.1) is 55.4 Å². The van der Waals surface area contributed by atoms with Gasteiger partial charge in [-0.2, -0.15) is 0 Å². The molecule has 0 radical (unpaired) electrons. The monoisotopic (exact) mass is 888 g/mol. The molecule has 0 aromatic heterocycles. The van der Waals surface area contributed by atoms with Gasteiger partial charge in [-0.3, -0.25) is 0 Å². The Labute approximate surface area is 392 Å². The molecule has 9 rings (SSSR count). The van der Waals surface area contributed by atoms with Gasteiger partial charge in [0.05, 0.1) is 0 Å². The Kier molecular flexibility index (Phi) is 11.3. The highest BCUT2D eigenvalue weighted by molar-refractivity contribution is 5.67. The lowest BCUT2D eigenvalue weighted by atomic mass is 9.74. The molecular formula is C60H56O7. The molecule has 1 aliphatic rings. The van der Waals surface area contributed by atoms with Crippen molar-refractivity contribution in [3.8, 4) is 40.2 Å². The number of benzene rings is 8. The maximum absolute atomic E-state index is 12.2. The normalized spacial score (nSPS) is 16.8. The summed E-state index contributed by atoms with van der Waals surface area (Å²) < 4.78 is 0. The van der Waals surface area contributed by atoms with Crippen LogP contribution in [0.25, 0.3) is 0 Å². The predicted molar refractivity (Wildman–Crippen MR) is 265 cm³/mol. The van der Waals surface area contributed by atoms with E-state index >= 15 is 0 Å². The zero-order chi connectivity index (χ0) is 47.7. The molecule has 4 atom stereocenters. The third-order valence-electron chi connectivity index (χ3n) is 14.0. The number of hydrogen-bond donors (Lipinski definition) is 7. The van der Waals surface area contributed by atoms with E-state index in [0.29, 0.717) is 38.9 Å². The van der Waals surface area contributed by atoms with Crippen LogP contribution in [0.2, 0.25) is 0 Å². The van der Waals surface area contributed by atoms with Gasteiger partial charge in [0.2, 0.25) is 0 Å². The number of fused-ring (bicyclic) bond motifs is 8. The quantitative estimate of drug-likeness (QED) is 0.0933. The van der Waals surface area contributed by atoms with E-state index in [1.165, 1.54) is 18.2 Å². The number of hydrogen-bond acceptors (Lipinski definition) is 7. The van der Waals surface area contributed by atoms with Crippen molar-refractivity contribution >= 4 is 0 Å². The first-order chi connectivity index (χ1) is 31.9. The standard InChI is InChI=1S/C60H56O7/c1-30-9-14-39(34(5)19-30)57-38-13-18-50(61)43(23-38)58(40-15-10-31(2)20-35(40)6)46-25-47(54(65)28-53(46)64)60(42-17-12-33(4)22-37(42)8)49-26-48(55(66)29-56(49)67)59(41-16-11-32(3)21-36(41)7)45-24-44(57)51(62)27-52(45)63/h9-29,57-67H,1-8H3/t57-,58-,59?,60?/m1/s1. The van der Waals surface area contributed by atoms with Crippen LogP contribution in [0.15, 0.2) is 127 Å². The van der Waals surface area contributed by atoms with Gasteiger partial charge in [0.15, 0.2) is 0 Å². The Morgan fingerprint density at radius 1 is 0.224 bits per heavy atom. The van der Waals surface area contributed by atoms with E-state index in [4.69, 9.17) is 0 Å². The van der Waals surface area contributed by atoms with Crippen molar-refractivity contribution in [3.05, 3.63) is 239 Å². The molecule has 0 heterocycles. The van der Waals surface area contributed by atoms with Gasteiger partial charge in [-0.1, -0.05) is 107 Å². The Morgan fingerprint density at radius 3 is 0.761 bits per heavy atom. The predicted octanol–water partition coefficient (Wildman–Crippen LogP) is 13.1. The van der Waals surface area contributed by atoms with E-state index in [9.17, 15) is 35.7 Å². The molecule has 7 heteroatoms. The lowest BCUT2D eigenvalue weighted by Crippen LogP contribution is -2.14. The molecule has 8 aromatic rings. The van der Waals surface area contributed by atoms with Crippen LogP contribution < -0.4 is 0 Å². The molecule has 338 valence electrons. The van der Waals surface area contributed by atoms with E-state index in [1.54, 1.807) is 18.2 Å². The van der Waals surface area contributed by atoms with Crippen molar-refractivity contribution in [1.82, 2.24) is 0 Å². The van der Waals surface area contributed by atoms with E-state index in [1.807, 2.05) is 134 Å². The summed E-state index contributed by atoms with van der Waals surface area (Å²) in [4.78, 5) is 0. The Bertz CT molecular complexity index is 3290. The van der Waals surface area contributed by atoms with Crippen LogP contribution in [0.5, 0.6) is 40.2 Å². The van der Waals surface area contributed by atoms with Crippen LogP contribution in [0.4, 0.5) is 0 Å². The molecule has 1 aliphatic carbocycles. The largest absolute Gasteiger partial charge is 0.508 e. The summed E-state index contributed by atoms with van der Waals surface area (Å²) in [5, 5.41) is 85.3. The average Bonchev–Trinajstić information content (AvgIpc) is 3.25. The van der Waals surface area contributed by atoms with Crippen LogP contribution >= 0.6 is 0 Å². The van der Waals surface area contributed by atoms with Crippen molar-refractivity contribution in [2.24, 2.45) is 0 Å². The second kappa shape index (κ2) is 17.0. The minimum atomic E-state index is -0.871.